The molecule has 5 rings (SSSR count). The van der Waals surface area contributed by atoms with Crippen LogP contribution < -0.4 is 91.6 Å². The number of primary amides is 1. The number of hydrogen-bond donors (Lipinski definition) is 23. The first-order valence-electron chi connectivity index (χ1n) is 41.7. The summed E-state index contributed by atoms with van der Waals surface area (Å²) < 4.78 is 20.6. The van der Waals surface area contributed by atoms with Crippen molar-refractivity contribution in [1.29, 1.82) is 0 Å². The lowest BCUT2D eigenvalue weighted by Gasteiger charge is -2.30. The number of ether oxygens (including phenoxy) is 1. The number of Topliss-reactive ketones (excluding diaryl/α,β-unsaturated/α-hetero) is 1. The summed E-state index contributed by atoms with van der Waals surface area (Å²) in [6.07, 6.45) is 1.46. The number of ketones is 1. The highest BCUT2D eigenvalue weighted by molar-refractivity contribution is 6.06. The third-order valence-electron chi connectivity index (χ3n) is 20.4. The Labute approximate surface area is 738 Å². The largest absolute Gasteiger partial charge is 0.481 e. The molecule has 1 aliphatic rings. The number of aromatic amines is 1. The minimum absolute atomic E-state index is 0.0368. The van der Waals surface area contributed by atoms with Crippen molar-refractivity contribution in [3.8, 4) is 0 Å². The molecule has 704 valence electrons. The number of rotatable bonds is 41. The van der Waals surface area contributed by atoms with Gasteiger partial charge >= 0.3 is 29.8 Å². The van der Waals surface area contributed by atoms with Gasteiger partial charge in [0.25, 0.3) is 5.91 Å². The summed E-state index contributed by atoms with van der Waals surface area (Å²) in [4.78, 5) is 293. The van der Waals surface area contributed by atoms with E-state index >= 15 is 0 Å². The van der Waals surface area contributed by atoms with E-state index in [2.05, 4.69) is 70.4 Å². The second kappa shape index (κ2) is 53.3. The van der Waals surface area contributed by atoms with Gasteiger partial charge in [0.2, 0.25) is 82.7 Å². The van der Waals surface area contributed by atoms with Crippen molar-refractivity contribution in [3.63, 3.8) is 0 Å². The van der Waals surface area contributed by atoms with E-state index in [0.717, 1.165) is 71.8 Å². The predicted octanol–water partition coefficient (Wildman–Crippen LogP) is -2.87. The molecule has 4 aromatic rings. The normalized spacial score (nSPS) is 20.1. The van der Waals surface area contributed by atoms with Gasteiger partial charge in [-0.1, -0.05) is 114 Å². The van der Waals surface area contributed by atoms with E-state index in [4.69, 9.17) is 21.9 Å². The number of cyclic esters (lactones) is 1. The molecule has 1 saturated heterocycles. The summed E-state index contributed by atoms with van der Waals surface area (Å²) in [7, 11) is 0. The summed E-state index contributed by atoms with van der Waals surface area (Å²) >= 11 is 0. The number of unbranched alkanes of at least 4 members (excludes halogenated alkanes) is 10. The quantitative estimate of drug-likeness (QED) is 0.00919. The molecule has 15 amide bonds. The number of carbonyl (C=O) groups is 21. The Bertz CT molecular complexity index is 4700. The number of amides is 15. The summed E-state index contributed by atoms with van der Waals surface area (Å²) in [5.41, 5.74) is 17.3. The number of aliphatic hydroxyl groups is 1. The summed E-state index contributed by atoms with van der Waals surface area (Å²) in [5, 5.41) is 81.4. The number of aromatic nitrogens is 1. The Kier molecular flexibility index (Phi) is 43.5. The number of carbonyl (C=O) groups excluding carboxylic acids is 17. The van der Waals surface area contributed by atoms with Crippen molar-refractivity contribution in [2.24, 2.45) is 11.7 Å². The standard InChI is InChI=1S/C83H113FN18O27/c1-5-6-7-8-9-10-11-12-13-14-15-29-62(106)94-53(32-45-38-89-51-27-19-17-22-46(45)51)76(121)97-54(34-61(87)105)77(122)99-57(37-68(115)116)78(123)102-71-44(4)129-83(128)58(33-60(104)47-23-16-18-25-49(47)85)100-82(127)70(42(2)31-65(109)110)101-79(124)59(41-103)95-64(108)39-90-73(118)55(35-66(111)112)96-72(117)43(3)92-75(120)56(36-67(113)114)98-74(119)52(93-63(107)40-91-81(71)126)28-21-30-88-80(125)69-48(84)24-20-26-50(69)86/h16-20,22-27,38,42-44,52-59,70-71,89,103H,5-15,21,28-37,39-41,85-86H2,1-4H3,(H2,87,105)(H,88,125)(H,90,118)(H,91,126)(H,92,120)(H,93,107)(H,94,106)(H,95,108)(H,96,117)(H,97,121)(H,98,119)(H,99,122)(H,100,127)(H,101,124)(H,102,123)(H,109,110)(H,111,112)(H,113,114)(H,115,116). The van der Waals surface area contributed by atoms with Gasteiger partial charge in [-0.05, 0) is 74.9 Å². The molecular weight excluding hydrogens is 1700 g/mol. The number of aliphatic hydroxyl groups excluding tert-OH is 1. The fraction of sp³-hybridized carbons (Fsp3) is 0.506. The summed E-state index contributed by atoms with van der Waals surface area (Å²) in [6.45, 7) is 0.632. The first-order chi connectivity index (χ1) is 61.1. The molecule has 1 aliphatic heterocycles. The number of para-hydroxylation sites is 2. The van der Waals surface area contributed by atoms with Gasteiger partial charge < -0.3 is 127 Å². The zero-order valence-corrected chi connectivity index (χ0v) is 71.4. The van der Waals surface area contributed by atoms with Crippen LogP contribution >= 0.6 is 0 Å². The highest BCUT2D eigenvalue weighted by Gasteiger charge is 2.41. The van der Waals surface area contributed by atoms with Crippen molar-refractivity contribution in [2.75, 3.05) is 37.7 Å². The van der Waals surface area contributed by atoms with Crippen molar-refractivity contribution in [2.45, 2.75) is 235 Å². The van der Waals surface area contributed by atoms with Gasteiger partial charge in [0.15, 0.2) is 5.78 Å². The number of fused-ring (bicyclic) bond motifs is 1. The lowest BCUT2D eigenvalue weighted by Crippen LogP contribution is -2.62. The van der Waals surface area contributed by atoms with Crippen LogP contribution in [0, 0.1) is 11.7 Å². The highest BCUT2D eigenvalue weighted by Crippen LogP contribution is 2.23. The first kappa shape index (κ1) is 105. The fourth-order valence-corrected chi connectivity index (χ4v) is 13.5. The number of nitrogens with one attached hydrogen (secondary N) is 15. The molecule has 45 nitrogen and oxygen atoms in total. The molecule has 0 radical (unpaired) electrons. The molecular formula is C83H113FN18O27. The van der Waals surface area contributed by atoms with E-state index in [9.17, 15) is 131 Å². The van der Waals surface area contributed by atoms with Crippen LogP contribution in [0.1, 0.15) is 182 Å². The van der Waals surface area contributed by atoms with Crippen LogP contribution in [0.4, 0.5) is 15.8 Å². The smallest absolute Gasteiger partial charge is 0.329 e. The first-order valence-corrected chi connectivity index (χ1v) is 41.7. The highest BCUT2D eigenvalue weighted by atomic mass is 19.1. The molecule has 0 aliphatic carbocycles. The molecule has 0 bridgehead atoms. The number of carboxylic acids is 4. The Hall–Kier alpha value is -14.2. The van der Waals surface area contributed by atoms with E-state index in [1.54, 1.807) is 30.5 Å². The van der Waals surface area contributed by atoms with Gasteiger partial charge in [0.05, 0.1) is 57.4 Å². The molecule has 129 heavy (non-hydrogen) atoms. The second-order valence-corrected chi connectivity index (χ2v) is 30.8. The zero-order chi connectivity index (χ0) is 95.7. The molecule has 3 aromatic carbocycles. The molecule has 1 fully saturated rings. The molecule has 0 spiro atoms. The summed E-state index contributed by atoms with van der Waals surface area (Å²) in [6, 6.07) is -8.12. The fourth-order valence-electron chi connectivity index (χ4n) is 13.5. The molecule has 13 unspecified atom stereocenters. The Morgan fingerprint density at radius 2 is 1.06 bits per heavy atom. The Balaban J connectivity index is 1.62. The van der Waals surface area contributed by atoms with Gasteiger partial charge in [-0.15, -0.1) is 0 Å². The average molecular weight is 1810 g/mol. The molecule has 2 heterocycles. The topological polar surface area (TPSA) is 731 Å². The van der Waals surface area contributed by atoms with E-state index in [1.807, 2.05) is 16.0 Å². The van der Waals surface area contributed by atoms with Gasteiger partial charge in [-0.25, -0.2) is 9.18 Å². The number of nitrogens with two attached hydrogens (primary N) is 3. The number of halogens is 1. The number of esters is 1. The number of aliphatic carboxylic acids is 4. The Morgan fingerprint density at radius 3 is 1.66 bits per heavy atom. The molecule has 0 saturated carbocycles. The van der Waals surface area contributed by atoms with Crippen LogP contribution in [0.3, 0.4) is 0 Å². The molecule has 1 aromatic heterocycles. The number of carboxylic acid groups (broad SMARTS) is 4. The average Bonchev–Trinajstić information content (AvgIpc) is 1.47. The maximum atomic E-state index is 15.0. The third kappa shape index (κ3) is 36.0. The van der Waals surface area contributed by atoms with Gasteiger partial charge in [0, 0.05) is 59.8 Å². The second-order valence-electron chi connectivity index (χ2n) is 30.8. The van der Waals surface area contributed by atoms with Crippen molar-refractivity contribution >= 4 is 147 Å². The minimum Gasteiger partial charge on any atom is -0.481 e. The lowest BCUT2D eigenvalue weighted by molar-refractivity contribution is -0.156. The van der Waals surface area contributed by atoms with E-state index in [-0.39, 0.29) is 36.2 Å². The molecule has 46 heteroatoms. The van der Waals surface area contributed by atoms with Crippen LogP contribution in [0.15, 0.2) is 72.9 Å². The summed E-state index contributed by atoms with van der Waals surface area (Å²) in [5.74, 6) is -32.8. The van der Waals surface area contributed by atoms with Crippen LogP contribution in [0.5, 0.6) is 0 Å². The van der Waals surface area contributed by atoms with Crippen molar-refractivity contribution in [3.05, 3.63) is 95.4 Å². The van der Waals surface area contributed by atoms with Crippen LogP contribution in [-0.2, 0) is 102 Å². The van der Waals surface area contributed by atoms with Crippen molar-refractivity contribution < 1.29 is 135 Å². The van der Waals surface area contributed by atoms with Crippen LogP contribution in [0.25, 0.3) is 10.9 Å². The van der Waals surface area contributed by atoms with E-state index in [0.29, 0.717) is 29.3 Å². The number of benzene rings is 3. The number of nitrogen functional groups attached to an aromatic ring is 2. The molecule has 26 N–H and O–H groups in total. The van der Waals surface area contributed by atoms with Crippen molar-refractivity contribution in [1.82, 2.24) is 79.4 Å². The Morgan fingerprint density at radius 1 is 0.527 bits per heavy atom. The van der Waals surface area contributed by atoms with Gasteiger partial charge in [-0.3, -0.25) is 95.9 Å². The van der Waals surface area contributed by atoms with Gasteiger partial charge in [-0.2, -0.15) is 0 Å². The monoisotopic (exact) mass is 1810 g/mol. The maximum Gasteiger partial charge on any atom is 0.329 e. The number of H-pyrrole nitrogens is 1. The van der Waals surface area contributed by atoms with Gasteiger partial charge in [0.1, 0.15) is 78.4 Å². The molecule has 13 atom stereocenters. The number of hydrogen-bond acceptors (Lipinski definition) is 25. The van der Waals surface area contributed by atoms with Crippen LogP contribution in [0.2, 0.25) is 0 Å². The number of anilines is 2. The van der Waals surface area contributed by atoms with Crippen LogP contribution in [-0.4, -0.2) is 254 Å². The van der Waals surface area contributed by atoms with E-state index < -0.39 is 285 Å². The third-order valence-corrected chi connectivity index (χ3v) is 20.4. The van der Waals surface area contributed by atoms with E-state index in [1.165, 1.54) is 49.2 Å². The predicted molar refractivity (Wildman–Crippen MR) is 453 cm³/mol. The minimum atomic E-state index is -2.53. The maximum absolute atomic E-state index is 15.0. The lowest BCUT2D eigenvalue weighted by atomic mass is 9.96. The SMILES string of the molecule is CCCCCCCCCCCCCC(=O)NC(Cc1c[nH]c2ccccc12)C(=O)NC(CC(N)=O)C(=O)NC(CC(=O)O)C(=O)NC1C(=O)NCC(=O)NC(CCCNC(=O)c2c(N)cccc2F)C(=O)NC(CC(=O)O)C(=O)NC(C)C(=O)NC(CC(=O)O)C(=O)NCC(=O)NC(CO)C(=O)NC(C(C)CC(=O)O)C(=O)NC(CC(=O)c2ccccc2N)C(=O)OC1C. The zero-order valence-electron chi connectivity index (χ0n) is 71.4.